The summed E-state index contributed by atoms with van der Waals surface area (Å²) >= 11 is 0. The fourth-order valence-corrected chi connectivity index (χ4v) is 2.08. The van der Waals surface area contributed by atoms with Gasteiger partial charge in [-0.2, -0.15) is 0 Å². The van der Waals surface area contributed by atoms with Gasteiger partial charge in [-0.3, -0.25) is 4.79 Å². The molecule has 2 rings (SSSR count). The van der Waals surface area contributed by atoms with E-state index in [-0.39, 0.29) is 11.9 Å². The van der Waals surface area contributed by atoms with Gasteiger partial charge in [-0.25, -0.2) is 0 Å². The first kappa shape index (κ1) is 9.97. The third kappa shape index (κ3) is 2.47. The quantitative estimate of drug-likeness (QED) is 0.650. The van der Waals surface area contributed by atoms with Crippen molar-refractivity contribution < 1.29 is 14.3 Å². The van der Waals surface area contributed by atoms with Crippen molar-refractivity contribution in [2.24, 2.45) is 5.92 Å². The molecule has 0 aromatic heterocycles. The molecule has 0 aliphatic heterocycles. The molecule has 0 heterocycles. The summed E-state index contributed by atoms with van der Waals surface area (Å²) in [7, 11) is 1.47. The lowest BCUT2D eigenvalue weighted by atomic mass is 9.87. The summed E-state index contributed by atoms with van der Waals surface area (Å²) in [6.45, 7) is 0. The Bertz CT molecular complexity index is 203. The molecule has 2 aliphatic rings. The van der Waals surface area contributed by atoms with E-state index in [1.807, 2.05) is 0 Å². The van der Waals surface area contributed by atoms with E-state index in [1.54, 1.807) is 0 Å². The number of esters is 1. The molecule has 0 bridgehead atoms. The number of hydrogen-bond donors (Lipinski definition) is 0. The summed E-state index contributed by atoms with van der Waals surface area (Å²) in [6.07, 6.45) is 7.33. The molecule has 80 valence electrons. The summed E-state index contributed by atoms with van der Waals surface area (Å²) in [5.41, 5.74) is 0. The second-order valence-corrected chi connectivity index (χ2v) is 4.33. The molecule has 0 saturated heterocycles. The molecular weight excluding hydrogens is 180 g/mol. The second kappa shape index (κ2) is 4.30. The number of methoxy groups -OCH3 is 1. The lowest BCUT2D eigenvalue weighted by Crippen LogP contribution is -2.27. The second-order valence-electron chi connectivity index (χ2n) is 4.33. The number of carbonyl (C=O) groups excluding carboxylic acids is 1. The van der Waals surface area contributed by atoms with E-state index in [0.29, 0.717) is 12.2 Å². The van der Waals surface area contributed by atoms with Gasteiger partial charge in [0.1, 0.15) is 0 Å². The van der Waals surface area contributed by atoms with Crippen molar-refractivity contribution in [3.63, 3.8) is 0 Å². The molecule has 0 amide bonds. The van der Waals surface area contributed by atoms with Crippen molar-refractivity contribution in [3.05, 3.63) is 0 Å². The molecule has 0 aromatic carbocycles. The Kier molecular flexibility index (Phi) is 3.06. The van der Waals surface area contributed by atoms with Crippen LogP contribution in [0.25, 0.3) is 0 Å². The third-order valence-electron chi connectivity index (χ3n) is 3.12. The van der Waals surface area contributed by atoms with Crippen LogP contribution < -0.4 is 0 Å². The van der Waals surface area contributed by atoms with E-state index in [0.717, 1.165) is 25.7 Å². The van der Waals surface area contributed by atoms with Crippen LogP contribution in [0.4, 0.5) is 0 Å². The van der Waals surface area contributed by atoms with Gasteiger partial charge < -0.3 is 9.47 Å². The van der Waals surface area contributed by atoms with E-state index in [1.165, 1.54) is 20.0 Å². The van der Waals surface area contributed by atoms with E-state index < -0.39 is 0 Å². The maximum absolute atomic E-state index is 11.2. The molecule has 3 nitrogen and oxygen atoms in total. The minimum absolute atomic E-state index is 0.0464. The third-order valence-corrected chi connectivity index (χ3v) is 3.12. The van der Waals surface area contributed by atoms with Crippen molar-refractivity contribution >= 4 is 5.97 Å². The summed E-state index contributed by atoms with van der Waals surface area (Å²) in [6, 6.07) is 0. The molecule has 0 unspecified atom stereocenters. The maximum Gasteiger partial charge on any atom is 0.308 e. The Hall–Kier alpha value is -0.570. The van der Waals surface area contributed by atoms with Gasteiger partial charge >= 0.3 is 5.97 Å². The first-order valence-electron chi connectivity index (χ1n) is 5.53. The zero-order chi connectivity index (χ0) is 9.97. The number of rotatable bonds is 3. The van der Waals surface area contributed by atoms with E-state index >= 15 is 0 Å². The van der Waals surface area contributed by atoms with Crippen LogP contribution in [0.5, 0.6) is 0 Å². The van der Waals surface area contributed by atoms with Crippen LogP contribution in [0.15, 0.2) is 0 Å². The van der Waals surface area contributed by atoms with Gasteiger partial charge in [0.2, 0.25) is 0 Å². The highest BCUT2D eigenvalue weighted by molar-refractivity contribution is 5.72. The van der Waals surface area contributed by atoms with Gasteiger partial charge in [-0.1, -0.05) is 0 Å². The summed E-state index contributed by atoms with van der Waals surface area (Å²) < 4.78 is 10.6. The van der Waals surface area contributed by atoms with Crippen LogP contribution in [0, 0.1) is 5.92 Å². The summed E-state index contributed by atoms with van der Waals surface area (Å²) in [5, 5.41) is 0. The maximum atomic E-state index is 11.2. The van der Waals surface area contributed by atoms with Gasteiger partial charge in [-0.05, 0) is 38.5 Å². The zero-order valence-corrected chi connectivity index (χ0v) is 8.70. The lowest BCUT2D eigenvalue weighted by Gasteiger charge is -2.26. The molecule has 2 aliphatic carbocycles. The minimum Gasteiger partial charge on any atom is -0.469 e. The van der Waals surface area contributed by atoms with Gasteiger partial charge in [0, 0.05) is 0 Å². The van der Waals surface area contributed by atoms with Crippen LogP contribution >= 0.6 is 0 Å². The highest BCUT2D eigenvalue weighted by Crippen LogP contribution is 2.32. The predicted octanol–water partition coefficient (Wildman–Crippen LogP) is 1.90. The number of hydrogen-bond acceptors (Lipinski definition) is 3. The molecule has 14 heavy (non-hydrogen) atoms. The largest absolute Gasteiger partial charge is 0.469 e. The van der Waals surface area contributed by atoms with Crippen LogP contribution in [0.1, 0.15) is 38.5 Å². The predicted molar refractivity (Wildman–Crippen MR) is 51.9 cm³/mol. The normalized spacial score (nSPS) is 32.6. The highest BCUT2D eigenvalue weighted by Gasteiger charge is 2.31. The van der Waals surface area contributed by atoms with Crippen molar-refractivity contribution in [3.8, 4) is 0 Å². The van der Waals surface area contributed by atoms with Crippen molar-refractivity contribution in [1.82, 2.24) is 0 Å². The molecule has 0 radical (unpaired) electrons. The fraction of sp³-hybridized carbons (Fsp3) is 0.909. The Balaban J connectivity index is 1.71. The van der Waals surface area contributed by atoms with E-state index in [4.69, 9.17) is 9.47 Å². The summed E-state index contributed by atoms with van der Waals surface area (Å²) in [5.74, 6) is 0.0777. The van der Waals surface area contributed by atoms with Gasteiger partial charge in [-0.15, -0.1) is 0 Å². The molecule has 0 atom stereocenters. The van der Waals surface area contributed by atoms with Crippen LogP contribution in [0.3, 0.4) is 0 Å². The zero-order valence-electron chi connectivity index (χ0n) is 8.70. The molecular formula is C11H18O3. The molecule has 0 N–H and O–H groups in total. The molecule has 3 heteroatoms. The van der Waals surface area contributed by atoms with Crippen LogP contribution in [0.2, 0.25) is 0 Å². The first-order valence-corrected chi connectivity index (χ1v) is 5.53. The van der Waals surface area contributed by atoms with Gasteiger partial charge in [0.25, 0.3) is 0 Å². The molecule has 2 saturated carbocycles. The van der Waals surface area contributed by atoms with Crippen LogP contribution in [-0.2, 0) is 14.3 Å². The first-order chi connectivity index (χ1) is 6.79. The van der Waals surface area contributed by atoms with Crippen molar-refractivity contribution in [1.29, 1.82) is 0 Å². The minimum atomic E-state index is -0.0464. The Morgan fingerprint density at radius 2 is 1.50 bits per heavy atom. The Morgan fingerprint density at radius 3 is 1.93 bits per heavy atom. The highest BCUT2D eigenvalue weighted by atomic mass is 16.5. The average molecular weight is 198 g/mol. The van der Waals surface area contributed by atoms with E-state index in [2.05, 4.69) is 0 Å². The van der Waals surface area contributed by atoms with Gasteiger partial charge in [0.05, 0.1) is 25.2 Å². The molecule has 0 aromatic rings. The average Bonchev–Trinajstić information content (AvgIpc) is 3.02. The number of carbonyl (C=O) groups is 1. The smallest absolute Gasteiger partial charge is 0.308 e. The monoisotopic (exact) mass is 198 g/mol. The Labute approximate surface area is 84.8 Å². The van der Waals surface area contributed by atoms with Gasteiger partial charge in [0.15, 0.2) is 0 Å². The fourth-order valence-electron chi connectivity index (χ4n) is 2.08. The van der Waals surface area contributed by atoms with Crippen molar-refractivity contribution in [2.45, 2.75) is 50.7 Å². The lowest BCUT2D eigenvalue weighted by molar-refractivity contribution is -0.147. The molecule has 0 spiro atoms. The van der Waals surface area contributed by atoms with Crippen molar-refractivity contribution in [2.75, 3.05) is 7.11 Å². The topological polar surface area (TPSA) is 35.5 Å². The number of ether oxygens (including phenoxy) is 2. The summed E-state index contributed by atoms with van der Waals surface area (Å²) in [4.78, 5) is 11.2. The standard InChI is InChI=1S/C11H18O3/c1-13-11(12)8-2-4-9(5-3-8)14-10-6-7-10/h8-10H,2-7H2,1H3. The van der Waals surface area contributed by atoms with E-state index in [9.17, 15) is 4.79 Å². The molecule has 2 fully saturated rings. The Morgan fingerprint density at radius 1 is 1.00 bits per heavy atom. The SMILES string of the molecule is COC(=O)C1CCC(OC2CC2)CC1. The van der Waals surface area contributed by atoms with Crippen LogP contribution in [-0.4, -0.2) is 25.3 Å².